The van der Waals surface area contributed by atoms with Gasteiger partial charge in [-0.3, -0.25) is 9.29 Å². The zero-order valence-corrected chi connectivity index (χ0v) is 15.0. The normalized spacial score (nSPS) is 11.6. The number of fused-ring (bicyclic) bond motifs is 1. The Labute approximate surface area is 155 Å². The van der Waals surface area contributed by atoms with E-state index in [-0.39, 0.29) is 11.4 Å². The highest BCUT2D eigenvalue weighted by Crippen LogP contribution is 2.27. The maximum Gasteiger partial charge on any atom is 0.417 e. The van der Waals surface area contributed by atoms with Gasteiger partial charge in [-0.1, -0.05) is 48.5 Å². The molecule has 1 aromatic heterocycles. The van der Waals surface area contributed by atoms with Crippen LogP contribution in [0.25, 0.3) is 11.1 Å². The van der Waals surface area contributed by atoms with E-state index in [1.807, 2.05) is 36.4 Å². The minimum Gasteiger partial charge on any atom is -0.408 e. The van der Waals surface area contributed by atoms with Gasteiger partial charge in [-0.05, 0) is 35.9 Å². The van der Waals surface area contributed by atoms with Crippen molar-refractivity contribution >= 4 is 26.8 Å². The molecule has 27 heavy (non-hydrogen) atoms. The van der Waals surface area contributed by atoms with Gasteiger partial charge in [0, 0.05) is 0 Å². The first kappa shape index (κ1) is 17.1. The van der Waals surface area contributed by atoms with E-state index >= 15 is 0 Å². The van der Waals surface area contributed by atoms with E-state index < -0.39 is 15.8 Å². The van der Waals surface area contributed by atoms with Gasteiger partial charge in [0.15, 0.2) is 5.58 Å². The molecular formula is C20H16N2O4S. The minimum atomic E-state index is -3.86. The number of oxazole rings is 1. The Hall–Kier alpha value is -3.32. The second-order valence-corrected chi connectivity index (χ2v) is 7.87. The molecule has 6 nitrogen and oxygen atoms in total. The van der Waals surface area contributed by atoms with E-state index in [2.05, 4.69) is 4.98 Å². The lowest BCUT2D eigenvalue weighted by Gasteiger charge is -2.24. The number of nitrogens with one attached hydrogen (secondary N) is 1. The summed E-state index contributed by atoms with van der Waals surface area (Å²) in [4.78, 5) is 13.9. The Morgan fingerprint density at radius 2 is 1.56 bits per heavy atom. The van der Waals surface area contributed by atoms with E-state index in [4.69, 9.17) is 4.42 Å². The molecule has 3 aromatic carbocycles. The Morgan fingerprint density at radius 1 is 0.889 bits per heavy atom. The number of rotatable bonds is 5. The van der Waals surface area contributed by atoms with Crippen LogP contribution in [-0.4, -0.2) is 13.4 Å². The molecule has 0 aliphatic carbocycles. The van der Waals surface area contributed by atoms with Crippen molar-refractivity contribution in [3.8, 4) is 0 Å². The van der Waals surface area contributed by atoms with Crippen molar-refractivity contribution in [1.82, 2.24) is 4.98 Å². The molecule has 0 aliphatic heterocycles. The monoisotopic (exact) mass is 380 g/mol. The standard InChI is InChI=1S/C20H16N2O4S/c23-20-21-18-13-17(11-12-19(18)26-20)27(24,25)22(16-9-5-2-6-10-16)14-15-7-3-1-4-8-15/h1-13H,14H2,(H,21,23). The van der Waals surface area contributed by atoms with Crippen molar-refractivity contribution in [3.63, 3.8) is 0 Å². The number of hydrogen-bond acceptors (Lipinski definition) is 4. The third-order valence-corrected chi connectivity index (χ3v) is 5.96. The van der Waals surface area contributed by atoms with Gasteiger partial charge in [-0.2, -0.15) is 0 Å². The molecule has 7 heteroatoms. The van der Waals surface area contributed by atoms with Crippen LogP contribution < -0.4 is 10.1 Å². The van der Waals surface area contributed by atoms with Crippen LogP contribution in [-0.2, 0) is 16.6 Å². The van der Waals surface area contributed by atoms with Crippen LogP contribution in [0.4, 0.5) is 5.69 Å². The molecule has 0 atom stereocenters. The first-order chi connectivity index (χ1) is 13.0. The molecule has 0 unspecified atom stereocenters. The lowest BCUT2D eigenvalue weighted by atomic mass is 10.2. The quantitative estimate of drug-likeness (QED) is 0.574. The average Bonchev–Trinajstić information content (AvgIpc) is 3.06. The van der Waals surface area contributed by atoms with Crippen molar-refractivity contribution in [1.29, 1.82) is 0 Å². The summed E-state index contributed by atoms with van der Waals surface area (Å²) in [6.45, 7) is 0.188. The van der Waals surface area contributed by atoms with Crippen LogP contribution in [0.5, 0.6) is 0 Å². The molecule has 0 spiro atoms. The second-order valence-electron chi connectivity index (χ2n) is 6.01. The van der Waals surface area contributed by atoms with Gasteiger partial charge in [0.2, 0.25) is 0 Å². The molecule has 0 fully saturated rings. The molecule has 1 N–H and O–H groups in total. The number of sulfonamides is 1. The number of benzene rings is 3. The Morgan fingerprint density at radius 3 is 2.26 bits per heavy atom. The van der Waals surface area contributed by atoms with E-state index in [9.17, 15) is 13.2 Å². The van der Waals surface area contributed by atoms with Crippen LogP contribution in [0.1, 0.15) is 5.56 Å². The number of para-hydroxylation sites is 1. The van der Waals surface area contributed by atoms with Crippen molar-refractivity contribution in [2.24, 2.45) is 0 Å². The summed E-state index contributed by atoms with van der Waals surface area (Å²) < 4.78 is 33.1. The number of hydrogen-bond donors (Lipinski definition) is 1. The third kappa shape index (κ3) is 3.37. The van der Waals surface area contributed by atoms with E-state index in [0.717, 1.165) is 5.56 Å². The van der Waals surface area contributed by atoms with Gasteiger partial charge in [0.05, 0.1) is 22.6 Å². The summed E-state index contributed by atoms with van der Waals surface area (Å²) in [6, 6.07) is 22.6. The van der Waals surface area contributed by atoms with E-state index in [1.54, 1.807) is 24.3 Å². The summed E-state index contributed by atoms with van der Waals surface area (Å²) >= 11 is 0. The molecule has 0 bridgehead atoms. The first-order valence-corrected chi connectivity index (χ1v) is 9.73. The molecule has 136 valence electrons. The van der Waals surface area contributed by atoms with Gasteiger partial charge < -0.3 is 4.42 Å². The predicted molar refractivity (Wildman–Crippen MR) is 103 cm³/mol. The van der Waals surface area contributed by atoms with Crippen molar-refractivity contribution in [2.45, 2.75) is 11.4 Å². The highest BCUT2D eigenvalue weighted by Gasteiger charge is 2.26. The van der Waals surface area contributed by atoms with Gasteiger partial charge >= 0.3 is 5.76 Å². The van der Waals surface area contributed by atoms with Crippen LogP contribution in [0.2, 0.25) is 0 Å². The fraction of sp³-hybridized carbons (Fsp3) is 0.0500. The summed E-state index contributed by atoms with van der Waals surface area (Å²) in [6.07, 6.45) is 0. The number of H-pyrrole nitrogens is 1. The highest BCUT2D eigenvalue weighted by atomic mass is 32.2. The number of aromatic nitrogens is 1. The summed E-state index contributed by atoms with van der Waals surface area (Å²) in [5.74, 6) is -0.622. The van der Waals surface area contributed by atoms with Crippen LogP contribution in [0.15, 0.2) is 93.0 Å². The van der Waals surface area contributed by atoms with Crippen LogP contribution >= 0.6 is 0 Å². The maximum atomic E-state index is 13.4. The van der Waals surface area contributed by atoms with Crippen molar-refractivity contribution < 1.29 is 12.8 Å². The minimum absolute atomic E-state index is 0.0758. The van der Waals surface area contributed by atoms with E-state index in [1.165, 1.54) is 22.5 Å². The number of nitrogens with zero attached hydrogens (tertiary/aromatic N) is 1. The molecular weight excluding hydrogens is 364 g/mol. The van der Waals surface area contributed by atoms with Crippen LogP contribution in [0.3, 0.4) is 0 Å². The Kier molecular flexibility index (Phi) is 4.29. The molecule has 0 saturated carbocycles. The number of aromatic amines is 1. The first-order valence-electron chi connectivity index (χ1n) is 8.29. The van der Waals surface area contributed by atoms with Gasteiger partial charge in [0.1, 0.15) is 0 Å². The van der Waals surface area contributed by atoms with Gasteiger partial charge in [0.25, 0.3) is 10.0 Å². The largest absolute Gasteiger partial charge is 0.417 e. The lowest BCUT2D eigenvalue weighted by molar-refractivity contribution is 0.555. The molecule has 0 aliphatic rings. The third-order valence-electron chi connectivity index (χ3n) is 4.19. The molecule has 1 heterocycles. The zero-order valence-electron chi connectivity index (χ0n) is 14.2. The number of anilines is 1. The van der Waals surface area contributed by atoms with Crippen LogP contribution in [0, 0.1) is 0 Å². The van der Waals surface area contributed by atoms with E-state index in [0.29, 0.717) is 16.8 Å². The average molecular weight is 380 g/mol. The van der Waals surface area contributed by atoms with Crippen molar-refractivity contribution in [3.05, 3.63) is 95.0 Å². The van der Waals surface area contributed by atoms with Gasteiger partial charge in [-0.25, -0.2) is 13.2 Å². The predicted octanol–water partition coefficient (Wildman–Crippen LogP) is 3.52. The second kappa shape index (κ2) is 6.77. The Balaban J connectivity index is 1.82. The highest BCUT2D eigenvalue weighted by molar-refractivity contribution is 7.92. The molecule has 4 rings (SSSR count). The van der Waals surface area contributed by atoms with Gasteiger partial charge in [-0.15, -0.1) is 0 Å². The fourth-order valence-electron chi connectivity index (χ4n) is 2.88. The molecule has 0 amide bonds. The smallest absolute Gasteiger partial charge is 0.408 e. The summed E-state index contributed by atoms with van der Waals surface area (Å²) in [5, 5.41) is 0. The molecule has 4 aromatic rings. The maximum absolute atomic E-state index is 13.4. The zero-order chi connectivity index (χ0) is 18.9. The summed E-state index contributed by atoms with van der Waals surface area (Å²) in [7, 11) is -3.86. The SMILES string of the molecule is O=c1[nH]c2cc(S(=O)(=O)N(Cc3ccccc3)c3ccccc3)ccc2o1. The summed E-state index contributed by atoms with van der Waals surface area (Å²) in [5.41, 5.74) is 2.08. The fourth-order valence-corrected chi connectivity index (χ4v) is 4.36. The topological polar surface area (TPSA) is 83.4 Å². The Bertz CT molecular complexity index is 1230. The lowest BCUT2D eigenvalue weighted by Crippen LogP contribution is -2.30. The molecule has 0 saturated heterocycles. The van der Waals surface area contributed by atoms with Crippen molar-refractivity contribution in [2.75, 3.05) is 4.31 Å². The molecule has 0 radical (unpaired) electrons.